The summed E-state index contributed by atoms with van der Waals surface area (Å²) in [6.07, 6.45) is 7.50. The molecule has 35 heavy (non-hydrogen) atoms. The Morgan fingerprint density at radius 3 is 2.57 bits per heavy atom. The zero-order valence-corrected chi connectivity index (χ0v) is 20.1. The van der Waals surface area contributed by atoms with Gasteiger partial charge in [0.2, 0.25) is 11.9 Å². The number of β-amino-alcohol motifs (C(OH)–C–C–N with tert-alkyl or cyclic N) is 1. The van der Waals surface area contributed by atoms with Gasteiger partial charge in [-0.1, -0.05) is 6.07 Å². The van der Waals surface area contributed by atoms with Crippen LogP contribution in [0.5, 0.6) is 11.5 Å². The maximum atomic E-state index is 14.4. The van der Waals surface area contributed by atoms with Gasteiger partial charge in [-0.25, -0.2) is 14.4 Å². The molecule has 0 spiro atoms. The summed E-state index contributed by atoms with van der Waals surface area (Å²) in [6.45, 7) is 3.19. The quantitative estimate of drug-likeness (QED) is 0.586. The summed E-state index contributed by atoms with van der Waals surface area (Å²) in [5, 5.41) is 9.31. The number of nitrogens with zero attached hydrogens (tertiary/aromatic N) is 4. The molecule has 2 saturated heterocycles. The van der Waals surface area contributed by atoms with Crippen molar-refractivity contribution in [3.05, 3.63) is 42.0 Å². The number of hydrogen-bond acceptors (Lipinski definition) is 7. The van der Waals surface area contributed by atoms with Gasteiger partial charge in [-0.3, -0.25) is 4.79 Å². The number of carbonyl (C=O) groups is 1. The molecule has 1 aromatic carbocycles. The predicted molar refractivity (Wildman–Crippen MR) is 128 cm³/mol. The molecule has 5 rings (SSSR count). The number of aliphatic hydroxyl groups is 1. The monoisotopic (exact) mass is 484 g/mol. The molecule has 9 heteroatoms. The van der Waals surface area contributed by atoms with Crippen LogP contribution in [0.3, 0.4) is 0 Å². The number of likely N-dealkylation sites (tertiary alicyclic amines) is 1. The molecule has 2 atom stereocenters. The van der Waals surface area contributed by atoms with E-state index in [9.17, 15) is 14.3 Å². The molecule has 3 aliphatic rings. The first-order chi connectivity index (χ1) is 17.0. The highest BCUT2D eigenvalue weighted by Gasteiger charge is 2.43. The van der Waals surface area contributed by atoms with Crippen molar-refractivity contribution in [2.45, 2.75) is 38.2 Å². The van der Waals surface area contributed by atoms with Crippen LogP contribution in [-0.2, 0) is 11.2 Å². The second kappa shape index (κ2) is 10.4. The van der Waals surface area contributed by atoms with Crippen molar-refractivity contribution in [3.8, 4) is 11.5 Å². The van der Waals surface area contributed by atoms with Gasteiger partial charge in [0.25, 0.3) is 0 Å². The van der Waals surface area contributed by atoms with E-state index in [1.54, 1.807) is 31.6 Å². The van der Waals surface area contributed by atoms with Crippen molar-refractivity contribution in [1.29, 1.82) is 0 Å². The molecule has 0 unspecified atom stereocenters. The van der Waals surface area contributed by atoms with E-state index in [0.717, 1.165) is 50.1 Å². The lowest BCUT2D eigenvalue weighted by molar-refractivity contribution is -0.140. The van der Waals surface area contributed by atoms with Gasteiger partial charge in [0.05, 0.1) is 38.6 Å². The molecule has 188 valence electrons. The van der Waals surface area contributed by atoms with E-state index in [0.29, 0.717) is 42.7 Å². The Kier molecular flexibility index (Phi) is 7.04. The van der Waals surface area contributed by atoms with Gasteiger partial charge in [-0.05, 0) is 55.1 Å². The Labute approximate surface area is 205 Å². The Bertz CT molecular complexity index is 1020. The minimum atomic E-state index is -0.451. The number of methoxy groups -OCH3 is 1. The third kappa shape index (κ3) is 5.66. The molecule has 1 N–H and O–H groups in total. The van der Waals surface area contributed by atoms with Gasteiger partial charge in [-0.2, -0.15) is 0 Å². The number of piperidine rings is 1. The number of ether oxygens (including phenoxy) is 2. The number of hydrogen-bond donors (Lipinski definition) is 1. The topological polar surface area (TPSA) is 88.0 Å². The molecule has 3 fully saturated rings. The Hall–Kier alpha value is -2.94. The number of anilines is 1. The van der Waals surface area contributed by atoms with Crippen molar-refractivity contribution in [3.63, 3.8) is 0 Å². The molecule has 1 aromatic heterocycles. The van der Waals surface area contributed by atoms with Gasteiger partial charge in [0.1, 0.15) is 11.6 Å². The molecule has 1 amide bonds. The van der Waals surface area contributed by atoms with E-state index in [1.165, 1.54) is 17.4 Å². The average molecular weight is 485 g/mol. The molecule has 2 aromatic rings. The summed E-state index contributed by atoms with van der Waals surface area (Å²) in [5.41, 5.74) is 0.359. The van der Waals surface area contributed by atoms with Crippen molar-refractivity contribution in [2.24, 2.45) is 17.8 Å². The summed E-state index contributed by atoms with van der Waals surface area (Å²) < 4.78 is 25.4. The number of aromatic nitrogens is 2. The Morgan fingerprint density at radius 2 is 1.91 bits per heavy atom. The summed E-state index contributed by atoms with van der Waals surface area (Å²) in [6, 6.07) is 4.73. The molecule has 0 radical (unpaired) electrons. The fourth-order valence-electron chi connectivity index (χ4n) is 5.31. The van der Waals surface area contributed by atoms with Crippen LogP contribution in [0.4, 0.5) is 10.3 Å². The van der Waals surface area contributed by atoms with E-state index >= 15 is 0 Å². The minimum Gasteiger partial charge on any atom is -0.494 e. The second-order valence-corrected chi connectivity index (χ2v) is 9.93. The highest BCUT2D eigenvalue weighted by atomic mass is 19.1. The molecule has 0 bridgehead atoms. The number of benzene rings is 1. The number of rotatable bonds is 9. The van der Waals surface area contributed by atoms with Crippen molar-refractivity contribution in [2.75, 3.05) is 44.8 Å². The third-order valence-electron chi connectivity index (χ3n) is 7.59. The van der Waals surface area contributed by atoms with Crippen molar-refractivity contribution in [1.82, 2.24) is 14.9 Å². The fourth-order valence-corrected chi connectivity index (χ4v) is 5.31. The van der Waals surface area contributed by atoms with Crippen molar-refractivity contribution >= 4 is 11.9 Å². The molecule has 1 aliphatic carbocycles. The number of carbonyl (C=O) groups excluding carboxylic acids is 1. The summed E-state index contributed by atoms with van der Waals surface area (Å²) >= 11 is 0. The van der Waals surface area contributed by atoms with Crippen LogP contribution in [-0.4, -0.2) is 71.9 Å². The average Bonchev–Trinajstić information content (AvgIpc) is 3.63. The first kappa shape index (κ1) is 23.8. The second-order valence-electron chi connectivity index (χ2n) is 9.93. The highest BCUT2D eigenvalue weighted by molar-refractivity contribution is 5.79. The smallest absolute Gasteiger partial charge is 0.227 e. The van der Waals surface area contributed by atoms with Gasteiger partial charge in [-0.15, -0.1) is 0 Å². The van der Waals surface area contributed by atoms with Crippen LogP contribution in [0.1, 0.15) is 31.2 Å². The van der Waals surface area contributed by atoms with Crippen LogP contribution >= 0.6 is 0 Å². The Morgan fingerprint density at radius 1 is 1.17 bits per heavy atom. The molecule has 8 nitrogen and oxygen atoms in total. The van der Waals surface area contributed by atoms with Crippen LogP contribution in [0, 0.1) is 23.6 Å². The molecule has 1 saturated carbocycles. The van der Waals surface area contributed by atoms with E-state index in [2.05, 4.69) is 14.9 Å². The lowest BCUT2D eigenvalue weighted by Gasteiger charge is -2.35. The van der Waals surface area contributed by atoms with Crippen LogP contribution in [0.25, 0.3) is 0 Å². The number of halogens is 1. The zero-order chi connectivity index (χ0) is 24.4. The summed E-state index contributed by atoms with van der Waals surface area (Å²) in [5.74, 6) is 3.52. The van der Waals surface area contributed by atoms with E-state index in [1.807, 2.05) is 0 Å². The van der Waals surface area contributed by atoms with Crippen LogP contribution in [0.2, 0.25) is 0 Å². The molecule has 2 aliphatic heterocycles. The molecule has 3 heterocycles. The highest BCUT2D eigenvalue weighted by Crippen LogP contribution is 2.49. The third-order valence-corrected chi connectivity index (χ3v) is 7.59. The van der Waals surface area contributed by atoms with E-state index in [4.69, 9.17) is 9.47 Å². The lowest BCUT2D eigenvalue weighted by atomic mass is 9.90. The zero-order valence-electron chi connectivity index (χ0n) is 20.1. The van der Waals surface area contributed by atoms with Gasteiger partial charge < -0.3 is 24.4 Å². The van der Waals surface area contributed by atoms with Crippen LogP contribution < -0.4 is 14.4 Å². The molecular formula is C26H33FN4O4. The SMILES string of the molecule is COc1cnc(N2CCC([C@@H]3C[C@@H]3CCOc3ccc(CC(=O)N4CC(O)C4)c(F)c3)CC2)nc1. The van der Waals surface area contributed by atoms with Crippen LogP contribution in [0.15, 0.2) is 30.6 Å². The minimum absolute atomic E-state index is 0.00595. The molecular weight excluding hydrogens is 451 g/mol. The van der Waals surface area contributed by atoms with Gasteiger partial charge in [0, 0.05) is 32.2 Å². The first-order valence-electron chi connectivity index (χ1n) is 12.5. The first-order valence-corrected chi connectivity index (χ1v) is 12.5. The summed E-state index contributed by atoms with van der Waals surface area (Å²) in [4.78, 5) is 24.7. The number of amides is 1. The largest absolute Gasteiger partial charge is 0.494 e. The summed E-state index contributed by atoms with van der Waals surface area (Å²) in [7, 11) is 1.61. The van der Waals surface area contributed by atoms with Gasteiger partial charge in [0.15, 0.2) is 5.75 Å². The Balaban J connectivity index is 1.01. The predicted octanol–water partition coefficient (Wildman–Crippen LogP) is 2.69. The van der Waals surface area contributed by atoms with E-state index in [-0.39, 0.29) is 12.3 Å². The maximum Gasteiger partial charge on any atom is 0.227 e. The van der Waals surface area contributed by atoms with E-state index < -0.39 is 11.9 Å². The number of aliphatic hydroxyl groups excluding tert-OH is 1. The lowest BCUT2D eigenvalue weighted by Crippen LogP contribution is -2.54. The van der Waals surface area contributed by atoms with Crippen molar-refractivity contribution < 1.29 is 23.8 Å². The van der Waals surface area contributed by atoms with Gasteiger partial charge >= 0.3 is 0 Å². The standard InChI is InChI=1S/C26H33FN4O4/c1-34-22-13-28-26(29-14-22)30-7-4-17(5-8-30)23-10-18(23)6-9-35-21-3-2-19(24(27)12-21)11-25(33)31-15-20(32)16-31/h2-3,12-14,17-18,20,23,32H,4-11,15-16H2,1H3/t18-,23-/m0/s1. The normalized spacial score (nSPS) is 22.6. The fraction of sp³-hybridized carbons (Fsp3) is 0.577. The maximum absolute atomic E-state index is 14.4.